The van der Waals surface area contributed by atoms with Crippen molar-refractivity contribution >= 4 is 16.5 Å². The smallest absolute Gasteiger partial charge is 0.279 e. The van der Waals surface area contributed by atoms with Crippen molar-refractivity contribution in [2.45, 2.75) is 25.8 Å². The zero-order chi connectivity index (χ0) is 14.8. The SMILES string of the molecule is CCC(C)(N)COc1ccc([N+](=O)[O-])c2cnccc12. The maximum atomic E-state index is 11.0. The molecule has 20 heavy (non-hydrogen) atoms. The molecule has 1 aromatic carbocycles. The number of hydrogen-bond acceptors (Lipinski definition) is 5. The van der Waals surface area contributed by atoms with Gasteiger partial charge in [-0.1, -0.05) is 6.92 Å². The Morgan fingerprint density at radius 1 is 1.40 bits per heavy atom. The van der Waals surface area contributed by atoms with Crippen LogP contribution in [-0.4, -0.2) is 22.1 Å². The van der Waals surface area contributed by atoms with Crippen LogP contribution >= 0.6 is 0 Å². The Hall–Kier alpha value is -2.21. The molecule has 0 saturated heterocycles. The maximum Gasteiger partial charge on any atom is 0.279 e. The largest absolute Gasteiger partial charge is 0.491 e. The number of hydrogen-bond donors (Lipinski definition) is 1. The number of ether oxygens (including phenoxy) is 1. The van der Waals surface area contributed by atoms with Gasteiger partial charge in [-0.25, -0.2) is 0 Å². The number of nitro groups is 1. The molecule has 0 bridgehead atoms. The molecule has 0 amide bonds. The minimum atomic E-state index is -0.429. The van der Waals surface area contributed by atoms with Crippen LogP contribution in [0.25, 0.3) is 10.8 Å². The van der Waals surface area contributed by atoms with Crippen molar-refractivity contribution in [3.05, 3.63) is 40.7 Å². The molecule has 0 aliphatic carbocycles. The maximum absolute atomic E-state index is 11.0. The lowest BCUT2D eigenvalue weighted by Crippen LogP contribution is -2.41. The van der Waals surface area contributed by atoms with Gasteiger partial charge in [-0.05, 0) is 25.5 Å². The highest BCUT2D eigenvalue weighted by Gasteiger charge is 2.19. The van der Waals surface area contributed by atoms with Crippen molar-refractivity contribution in [1.29, 1.82) is 0 Å². The molecule has 0 saturated carbocycles. The molecule has 0 spiro atoms. The van der Waals surface area contributed by atoms with Crippen LogP contribution in [0.5, 0.6) is 5.75 Å². The van der Waals surface area contributed by atoms with E-state index in [0.717, 1.165) is 6.42 Å². The first-order valence-electron chi connectivity index (χ1n) is 6.37. The summed E-state index contributed by atoms with van der Waals surface area (Å²) in [5, 5.41) is 12.1. The van der Waals surface area contributed by atoms with Gasteiger partial charge in [0.2, 0.25) is 0 Å². The predicted molar refractivity (Wildman–Crippen MR) is 76.8 cm³/mol. The Morgan fingerprint density at radius 2 is 2.15 bits per heavy atom. The van der Waals surface area contributed by atoms with Gasteiger partial charge in [0.05, 0.1) is 10.3 Å². The molecule has 2 rings (SSSR count). The molecule has 6 heteroatoms. The summed E-state index contributed by atoms with van der Waals surface area (Å²) < 4.78 is 5.73. The van der Waals surface area contributed by atoms with E-state index in [1.165, 1.54) is 12.3 Å². The van der Waals surface area contributed by atoms with Crippen molar-refractivity contribution in [1.82, 2.24) is 4.98 Å². The fraction of sp³-hybridized carbons (Fsp3) is 0.357. The Balaban J connectivity index is 2.41. The van der Waals surface area contributed by atoms with Gasteiger partial charge in [0.1, 0.15) is 12.4 Å². The van der Waals surface area contributed by atoms with E-state index in [-0.39, 0.29) is 5.69 Å². The summed E-state index contributed by atoms with van der Waals surface area (Å²) in [7, 11) is 0. The third kappa shape index (κ3) is 2.85. The minimum Gasteiger partial charge on any atom is -0.491 e. The van der Waals surface area contributed by atoms with Crippen LogP contribution < -0.4 is 10.5 Å². The molecule has 0 fully saturated rings. The number of pyridine rings is 1. The third-order valence-electron chi connectivity index (χ3n) is 3.32. The Morgan fingerprint density at radius 3 is 2.80 bits per heavy atom. The predicted octanol–water partition coefficient (Wildman–Crippen LogP) is 2.65. The fourth-order valence-corrected chi connectivity index (χ4v) is 1.78. The van der Waals surface area contributed by atoms with Crippen molar-refractivity contribution in [2.75, 3.05) is 6.61 Å². The Labute approximate surface area is 116 Å². The summed E-state index contributed by atoms with van der Waals surface area (Å²) in [5.74, 6) is 0.582. The lowest BCUT2D eigenvalue weighted by molar-refractivity contribution is -0.383. The van der Waals surface area contributed by atoms with Crippen molar-refractivity contribution in [3.63, 3.8) is 0 Å². The number of nitro benzene ring substituents is 1. The van der Waals surface area contributed by atoms with Gasteiger partial charge in [0, 0.05) is 29.4 Å². The van der Waals surface area contributed by atoms with Gasteiger partial charge in [0.25, 0.3) is 5.69 Å². The van der Waals surface area contributed by atoms with Crippen LogP contribution in [0.4, 0.5) is 5.69 Å². The lowest BCUT2D eigenvalue weighted by Gasteiger charge is -2.23. The van der Waals surface area contributed by atoms with Gasteiger partial charge in [-0.2, -0.15) is 0 Å². The van der Waals surface area contributed by atoms with E-state index in [4.69, 9.17) is 10.5 Å². The summed E-state index contributed by atoms with van der Waals surface area (Å²) in [5.41, 5.74) is 5.63. The van der Waals surface area contributed by atoms with Crippen LogP contribution in [-0.2, 0) is 0 Å². The van der Waals surface area contributed by atoms with Crippen LogP contribution in [0.3, 0.4) is 0 Å². The summed E-state index contributed by atoms with van der Waals surface area (Å²) in [6.45, 7) is 4.24. The van der Waals surface area contributed by atoms with E-state index in [0.29, 0.717) is 23.1 Å². The summed E-state index contributed by atoms with van der Waals surface area (Å²) in [4.78, 5) is 14.5. The molecule has 2 N–H and O–H groups in total. The second-order valence-corrected chi connectivity index (χ2v) is 5.06. The van der Waals surface area contributed by atoms with E-state index in [9.17, 15) is 10.1 Å². The van der Waals surface area contributed by atoms with Gasteiger partial charge < -0.3 is 10.5 Å². The molecule has 0 radical (unpaired) electrons. The van der Waals surface area contributed by atoms with E-state index in [2.05, 4.69) is 4.98 Å². The van der Waals surface area contributed by atoms with Crippen LogP contribution in [0, 0.1) is 10.1 Å². The summed E-state index contributed by atoms with van der Waals surface area (Å²) in [6.07, 6.45) is 3.83. The molecule has 0 aliphatic heterocycles. The van der Waals surface area contributed by atoms with E-state index in [1.807, 2.05) is 13.8 Å². The quantitative estimate of drug-likeness (QED) is 0.669. The van der Waals surface area contributed by atoms with E-state index >= 15 is 0 Å². The molecule has 6 nitrogen and oxygen atoms in total. The molecule has 1 unspecified atom stereocenters. The normalized spacial score (nSPS) is 13.9. The van der Waals surface area contributed by atoms with Crippen LogP contribution in [0.15, 0.2) is 30.6 Å². The van der Waals surface area contributed by atoms with E-state index < -0.39 is 10.5 Å². The number of aromatic nitrogens is 1. The van der Waals surface area contributed by atoms with Crippen LogP contribution in [0.2, 0.25) is 0 Å². The van der Waals surface area contributed by atoms with Gasteiger partial charge >= 0.3 is 0 Å². The topological polar surface area (TPSA) is 91.3 Å². The summed E-state index contributed by atoms with van der Waals surface area (Å²) >= 11 is 0. The zero-order valence-corrected chi connectivity index (χ0v) is 11.5. The first-order chi connectivity index (χ1) is 9.44. The minimum absolute atomic E-state index is 0.0199. The average Bonchev–Trinajstić information content (AvgIpc) is 2.44. The number of benzene rings is 1. The van der Waals surface area contributed by atoms with Crippen molar-refractivity contribution < 1.29 is 9.66 Å². The summed E-state index contributed by atoms with van der Waals surface area (Å²) in [6, 6.07) is 4.74. The standard InChI is InChI=1S/C14H17N3O3/c1-3-14(2,15)9-20-13-5-4-12(17(18)19)11-8-16-7-6-10(11)13/h4-8H,3,9,15H2,1-2H3. The molecule has 1 heterocycles. The Bertz CT molecular complexity index is 641. The third-order valence-corrected chi connectivity index (χ3v) is 3.32. The molecule has 106 valence electrons. The highest BCUT2D eigenvalue weighted by Crippen LogP contribution is 2.32. The monoisotopic (exact) mass is 275 g/mol. The second-order valence-electron chi connectivity index (χ2n) is 5.06. The number of nitrogens with two attached hydrogens (primary N) is 1. The number of non-ortho nitro benzene ring substituents is 1. The van der Waals surface area contributed by atoms with Gasteiger partial charge in [-0.15, -0.1) is 0 Å². The number of rotatable bonds is 5. The van der Waals surface area contributed by atoms with Gasteiger partial charge in [0.15, 0.2) is 0 Å². The Kier molecular flexibility index (Phi) is 3.85. The lowest BCUT2D eigenvalue weighted by atomic mass is 10.0. The zero-order valence-electron chi connectivity index (χ0n) is 11.5. The number of fused-ring (bicyclic) bond motifs is 1. The molecular weight excluding hydrogens is 258 g/mol. The van der Waals surface area contributed by atoms with E-state index in [1.54, 1.807) is 18.3 Å². The van der Waals surface area contributed by atoms with Crippen LogP contribution in [0.1, 0.15) is 20.3 Å². The molecule has 1 aromatic heterocycles. The first-order valence-corrected chi connectivity index (χ1v) is 6.37. The molecule has 2 aromatic rings. The van der Waals surface area contributed by atoms with Gasteiger partial charge in [-0.3, -0.25) is 15.1 Å². The molecule has 1 atom stereocenters. The first kappa shape index (κ1) is 14.2. The van der Waals surface area contributed by atoms with Crippen molar-refractivity contribution in [2.24, 2.45) is 5.73 Å². The molecular formula is C14H17N3O3. The molecule has 0 aliphatic rings. The number of nitrogens with zero attached hydrogens (tertiary/aromatic N) is 2. The second kappa shape index (κ2) is 5.42. The fourth-order valence-electron chi connectivity index (χ4n) is 1.78. The van der Waals surface area contributed by atoms with Crippen molar-refractivity contribution in [3.8, 4) is 5.75 Å². The highest BCUT2D eigenvalue weighted by molar-refractivity contribution is 5.94. The average molecular weight is 275 g/mol. The highest BCUT2D eigenvalue weighted by atomic mass is 16.6.